The first-order valence-corrected chi connectivity index (χ1v) is 8.33. The minimum atomic E-state index is -0.986. The fourth-order valence-electron chi connectivity index (χ4n) is 2.28. The predicted octanol–water partition coefficient (Wildman–Crippen LogP) is 4.25. The SMILES string of the molecule is Cc1noc(C(C)C)c1C(=O)O[C@@H](C)C(=O)Nc1cccc(Cl)c1C. The van der Waals surface area contributed by atoms with E-state index in [1.165, 1.54) is 6.92 Å². The summed E-state index contributed by atoms with van der Waals surface area (Å²) < 4.78 is 10.5. The minimum Gasteiger partial charge on any atom is -0.449 e. The highest BCUT2D eigenvalue weighted by Gasteiger charge is 2.27. The normalized spacial score (nSPS) is 12.1. The Kier molecular flexibility index (Phi) is 5.85. The molecular weight excluding hydrogens is 344 g/mol. The van der Waals surface area contributed by atoms with Crippen LogP contribution in [-0.2, 0) is 9.53 Å². The van der Waals surface area contributed by atoms with Crippen LogP contribution in [-0.4, -0.2) is 23.1 Å². The summed E-state index contributed by atoms with van der Waals surface area (Å²) in [5, 5.41) is 7.07. The predicted molar refractivity (Wildman–Crippen MR) is 95.0 cm³/mol. The van der Waals surface area contributed by atoms with Crippen LogP contribution in [0.4, 0.5) is 5.69 Å². The van der Waals surface area contributed by atoms with Gasteiger partial charge in [-0.25, -0.2) is 4.79 Å². The zero-order chi connectivity index (χ0) is 18.7. The van der Waals surface area contributed by atoms with E-state index < -0.39 is 18.0 Å². The van der Waals surface area contributed by atoms with E-state index in [-0.39, 0.29) is 11.5 Å². The first-order valence-electron chi connectivity index (χ1n) is 7.95. The van der Waals surface area contributed by atoms with E-state index in [2.05, 4.69) is 10.5 Å². The summed E-state index contributed by atoms with van der Waals surface area (Å²) in [6.07, 6.45) is -0.986. The lowest BCUT2D eigenvalue weighted by Gasteiger charge is -2.15. The molecule has 0 aliphatic heterocycles. The molecule has 134 valence electrons. The van der Waals surface area contributed by atoms with E-state index in [1.807, 2.05) is 13.8 Å². The summed E-state index contributed by atoms with van der Waals surface area (Å²) >= 11 is 6.04. The Balaban J connectivity index is 2.10. The van der Waals surface area contributed by atoms with Crippen molar-refractivity contribution in [2.75, 3.05) is 5.32 Å². The van der Waals surface area contributed by atoms with Crippen molar-refractivity contribution in [2.24, 2.45) is 0 Å². The van der Waals surface area contributed by atoms with Gasteiger partial charge < -0.3 is 14.6 Å². The maximum Gasteiger partial charge on any atom is 0.344 e. The number of carbonyl (C=O) groups is 2. The average molecular weight is 365 g/mol. The molecule has 1 N–H and O–H groups in total. The van der Waals surface area contributed by atoms with Crippen molar-refractivity contribution in [1.82, 2.24) is 5.16 Å². The van der Waals surface area contributed by atoms with Crippen molar-refractivity contribution in [3.05, 3.63) is 45.8 Å². The molecule has 0 fully saturated rings. The number of nitrogens with one attached hydrogen (secondary N) is 1. The van der Waals surface area contributed by atoms with Crippen molar-refractivity contribution in [3.8, 4) is 0 Å². The van der Waals surface area contributed by atoms with Crippen LogP contribution in [0.25, 0.3) is 0 Å². The number of ether oxygens (including phenoxy) is 1. The molecule has 0 spiro atoms. The Morgan fingerprint density at radius 1 is 1.24 bits per heavy atom. The zero-order valence-corrected chi connectivity index (χ0v) is 15.6. The van der Waals surface area contributed by atoms with Gasteiger partial charge in [0.2, 0.25) is 0 Å². The summed E-state index contributed by atoms with van der Waals surface area (Å²) in [7, 11) is 0. The van der Waals surface area contributed by atoms with Crippen LogP contribution in [0.15, 0.2) is 22.7 Å². The fraction of sp³-hybridized carbons (Fsp3) is 0.389. The molecule has 1 heterocycles. The Morgan fingerprint density at radius 3 is 2.56 bits per heavy atom. The molecule has 1 aromatic heterocycles. The number of benzene rings is 1. The van der Waals surface area contributed by atoms with Crippen LogP contribution < -0.4 is 5.32 Å². The van der Waals surface area contributed by atoms with Crippen molar-refractivity contribution in [1.29, 1.82) is 0 Å². The molecule has 25 heavy (non-hydrogen) atoms. The van der Waals surface area contributed by atoms with Crippen LogP contribution in [0.5, 0.6) is 0 Å². The summed E-state index contributed by atoms with van der Waals surface area (Å²) in [6.45, 7) is 8.73. The van der Waals surface area contributed by atoms with Gasteiger partial charge in [0.25, 0.3) is 5.91 Å². The van der Waals surface area contributed by atoms with Crippen molar-refractivity contribution in [2.45, 2.75) is 46.6 Å². The minimum absolute atomic E-state index is 0.0259. The number of hydrogen-bond donors (Lipinski definition) is 1. The monoisotopic (exact) mass is 364 g/mol. The van der Waals surface area contributed by atoms with Gasteiger partial charge in [0, 0.05) is 16.6 Å². The van der Waals surface area contributed by atoms with Crippen LogP contribution >= 0.6 is 11.6 Å². The van der Waals surface area contributed by atoms with Gasteiger partial charge in [-0.15, -0.1) is 0 Å². The van der Waals surface area contributed by atoms with E-state index in [0.717, 1.165) is 5.56 Å². The fourth-order valence-corrected chi connectivity index (χ4v) is 2.45. The molecule has 2 rings (SSSR count). The smallest absolute Gasteiger partial charge is 0.344 e. The second-order valence-corrected chi connectivity index (χ2v) is 6.52. The quantitative estimate of drug-likeness (QED) is 0.802. The van der Waals surface area contributed by atoms with Gasteiger partial charge in [-0.3, -0.25) is 4.79 Å². The molecule has 0 unspecified atom stereocenters. The molecule has 1 aromatic carbocycles. The van der Waals surface area contributed by atoms with Crippen LogP contribution in [0.1, 0.15) is 54.1 Å². The topological polar surface area (TPSA) is 81.4 Å². The second-order valence-electron chi connectivity index (χ2n) is 6.11. The molecule has 0 radical (unpaired) electrons. The van der Waals surface area contributed by atoms with Gasteiger partial charge >= 0.3 is 5.97 Å². The highest BCUT2D eigenvalue weighted by Crippen LogP contribution is 2.25. The van der Waals surface area contributed by atoms with Crippen LogP contribution in [0.2, 0.25) is 5.02 Å². The highest BCUT2D eigenvalue weighted by molar-refractivity contribution is 6.31. The number of aromatic nitrogens is 1. The highest BCUT2D eigenvalue weighted by atomic mass is 35.5. The van der Waals surface area contributed by atoms with Gasteiger partial charge in [0.15, 0.2) is 11.9 Å². The number of amides is 1. The Morgan fingerprint density at radius 2 is 1.92 bits per heavy atom. The van der Waals surface area contributed by atoms with Gasteiger partial charge in [-0.2, -0.15) is 0 Å². The van der Waals surface area contributed by atoms with Crippen molar-refractivity contribution in [3.63, 3.8) is 0 Å². The molecule has 0 saturated carbocycles. The standard InChI is InChI=1S/C18H21ClN2O4/c1-9(2)16-15(11(4)21-25-16)18(23)24-12(5)17(22)20-14-8-6-7-13(19)10(14)3/h6-9,12H,1-5H3,(H,20,22)/t12-/m0/s1. The van der Waals surface area contributed by atoms with Gasteiger partial charge in [0.1, 0.15) is 5.56 Å². The summed E-state index contributed by atoms with van der Waals surface area (Å²) in [5.41, 5.74) is 2.03. The molecule has 0 aliphatic rings. The number of carbonyl (C=O) groups excluding carboxylic acids is 2. The lowest BCUT2D eigenvalue weighted by atomic mass is 10.1. The summed E-state index contributed by atoms with van der Waals surface area (Å²) in [4.78, 5) is 24.7. The molecule has 2 aromatic rings. The lowest BCUT2D eigenvalue weighted by Crippen LogP contribution is -2.30. The van der Waals surface area contributed by atoms with Gasteiger partial charge in [0.05, 0.1) is 5.69 Å². The number of rotatable bonds is 5. The largest absolute Gasteiger partial charge is 0.449 e. The number of esters is 1. The van der Waals surface area contributed by atoms with Crippen LogP contribution in [0, 0.1) is 13.8 Å². The third-order valence-electron chi connectivity index (χ3n) is 3.80. The number of nitrogens with zero attached hydrogens (tertiary/aromatic N) is 1. The van der Waals surface area contributed by atoms with Crippen molar-refractivity contribution < 1.29 is 18.8 Å². The molecule has 1 amide bonds. The molecule has 0 aliphatic carbocycles. The second kappa shape index (κ2) is 7.70. The summed E-state index contributed by atoms with van der Waals surface area (Å²) in [6, 6.07) is 5.20. The van der Waals surface area contributed by atoms with Gasteiger partial charge in [-0.1, -0.05) is 36.7 Å². The molecule has 1 atom stereocenters. The summed E-state index contributed by atoms with van der Waals surface area (Å²) in [5.74, 6) is -0.658. The van der Waals surface area contributed by atoms with E-state index in [1.54, 1.807) is 32.0 Å². The Labute approximate surface area is 151 Å². The van der Waals surface area contributed by atoms with Crippen LogP contribution in [0.3, 0.4) is 0 Å². The zero-order valence-electron chi connectivity index (χ0n) is 14.8. The number of halogens is 1. The van der Waals surface area contributed by atoms with E-state index in [0.29, 0.717) is 22.2 Å². The first kappa shape index (κ1) is 19.0. The molecule has 7 heteroatoms. The average Bonchev–Trinajstić information content (AvgIpc) is 2.93. The molecule has 0 bridgehead atoms. The maximum absolute atomic E-state index is 12.4. The lowest BCUT2D eigenvalue weighted by molar-refractivity contribution is -0.123. The van der Waals surface area contributed by atoms with E-state index >= 15 is 0 Å². The molecular formula is C18H21ClN2O4. The van der Waals surface area contributed by atoms with E-state index in [4.69, 9.17) is 20.9 Å². The Bertz CT molecular complexity index is 798. The third kappa shape index (κ3) is 4.20. The first-order chi connectivity index (χ1) is 11.7. The Hall–Kier alpha value is -2.34. The number of aryl methyl sites for hydroxylation is 1. The van der Waals surface area contributed by atoms with Crippen molar-refractivity contribution >= 4 is 29.2 Å². The number of hydrogen-bond acceptors (Lipinski definition) is 5. The third-order valence-corrected chi connectivity index (χ3v) is 4.21. The maximum atomic E-state index is 12.4. The van der Waals surface area contributed by atoms with E-state index in [9.17, 15) is 9.59 Å². The number of anilines is 1. The molecule has 6 nitrogen and oxygen atoms in total. The van der Waals surface area contributed by atoms with Gasteiger partial charge in [-0.05, 0) is 38.5 Å². The molecule has 0 saturated heterocycles.